The van der Waals surface area contributed by atoms with Gasteiger partial charge in [0.1, 0.15) is 6.10 Å². The van der Waals surface area contributed by atoms with Crippen LogP contribution in [0, 0.1) is 35.5 Å². The molecule has 0 N–H and O–H groups in total. The standard InChI is InChI=1S/C23H38N2O2/c1-24-11-13-25(14-12-24)23(26)27-18-7-10-20-17(15-18)6-9-21-19-4-2-3-16(19)5-8-22(20)21/h16-22H,2-15H2,1H3. The van der Waals surface area contributed by atoms with E-state index in [2.05, 4.69) is 11.9 Å². The van der Waals surface area contributed by atoms with E-state index in [4.69, 9.17) is 4.74 Å². The molecule has 5 aliphatic rings. The van der Waals surface area contributed by atoms with Crippen molar-refractivity contribution in [3.05, 3.63) is 0 Å². The van der Waals surface area contributed by atoms with Gasteiger partial charge in [-0.15, -0.1) is 0 Å². The summed E-state index contributed by atoms with van der Waals surface area (Å²) in [5.41, 5.74) is 0. The van der Waals surface area contributed by atoms with Crippen molar-refractivity contribution in [3.63, 3.8) is 0 Å². The number of ether oxygens (including phenoxy) is 1. The second-order valence-electron chi connectivity index (χ2n) is 10.4. The molecule has 27 heavy (non-hydrogen) atoms. The highest BCUT2D eigenvalue weighted by Crippen LogP contribution is 2.58. The molecule has 4 heteroatoms. The molecule has 7 atom stereocenters. The summed E-state index contributed by atoms with van der Waals surface area (Å²) in [5, 5.41) is 0. The molecule has 0 aromatic rings. The number of likely N-dealkylation sites (N-methyl/N-ethyl adjacent to an activating group) is 1. The van der Waals surface area contributed by atoms with Crippen LogP contribution < -0.4 is 0 Å². The fourth-order valence-electron chi connectivity index (χ4n) is 7.75. The van der Waals surface area contributed by atoms with E-state index < -0.39 is 0 Å². The summed E-state index contributed by atoms with van der Waals surface area (Å²) in [6.07, 6.45) is 14.1. The van der Waals surface area contributed by atoms with Gasteiger partial charge in [0.15, 0.2) is 0 Å². The van der Waals surface area contributed by atoms with E-state index in [9.17, 15) is 4.79 Å². The molecule has 5 fully saturated rings. The minimum atomic E-state index is -0.0494. The average molecular weight is 375 g/mol. The highest BCUT2D eigenvalue weighted by Gasteiger charge is 2.49. The molecule has 1 amide bonds. The minimum absolute atomic E-state index is 0.0494. The molecule has 1 aliphatic heterocycles. The number of carbonyl (C=O) groups excluding carboxylic acids is 1. The molecule has 0 aromatic heterocycles. The molecule has 1 heterocycles. The van der Waals surface area contributed by atoms with E-state index >= 15 is 0 Å². The quantitative estimate of drug-likeness (QED) is 0.682. The second-order valence-corrected chi connectivity index (χ2v) is 10.4. The van der Waals surface area contributed by atoms with Crippen LogP contribution in [0.15, 0.2) is 0 Å². The Kier molecular flexibility index (Phi) is 5.12. The maximum atomic E-state index is 12.6. The predicted octanol–water partition coefficient (Wildman–Crippen LogP) is 4.39. The maximum absolute atomic E-state index is 12.6. The fraction of sp³-hybridized carbons (Fsp3) is 0.957. The normalized spacial score (nSPS) is 44.9. The molecule has 1 saturated heterocycles. The molecule has 4 aliphatic carbocycles. The van der Waals surface area contributed by atoms with Gasteiger partial charge < -0.3 is 14.5 Å². The average Bonchev–Trinajstić information content (AvgIpc) is 3.17. The molecule has 0 spiro atoms. The first kappa shape index (κ1) is 18.3. The molecule has 4 nitrogen and oxygen atoms in total. The number of fused-ring (bicyclic) bond motifs is 5. The van der Waals surface area contributed by atoms with Gasteiger partial charge in [0.05, 0.1) is 0 Å². The van der Waals surface area contributed by atoms with Crippen molar-refractivity contribution in [3.8, 4) is 0 Å². The molecule has 4 saturated carbocycles. The predicted molar refractivity (Wildman–Crippen MR) is 106 cm³/mol. The molecule has 0 aromatic carbocycles. The van der Waals surface area contributed by atoms with E-state index in [0.29, 0.717) is 0 Å². The van der Waals surface area contributed by atoms with Gasteiger partial charge >= 0.3 is 6.09 Å². The highest BCUT2D eigenvalue weighted by atomic mass is 16.6. The van der Waals surface area contributed by atoms with Crippen molar-refractivity contribution in [2.24, 2.45) is 35.5 Å². The number of rotatable bonds is 1. The molecule has 0 bridgehead atoms. The summed E-state index contributed by atoms with van der Waals surface area (Å²) in [7, 11) is 2.12. The van der Waals surface area contributed by atoms with Crippen molar-refractivity contribution in [1.82, 2.24) is 9.80 Å². The van der Waals surface area contributed by atoms with Gasteiger partial charge in [-0.3, -0.25) is 0 Å². The van der Waals surface area contributed by atoms with E-state index in [1.165, 1.54) is 51.4 Å². The molecule has 7 unspecified atom stereocenters. The number of hydrogen-bond donors (Lipinski definition) is 0. The lowest BCUT2D eigenvalue weighted by Crippen LogP contribution is -2.49. The Hall–Kier alpha value is -0.770. The lowest BCUT2D eigenvalue weighted by molar-refractivity contribution is -0.0537. The van der Waals surface area contributed by atoms with Gasteiger partial charge in [0.2, 0.25) is 0 Å². The monoisotopic (exact) mass is 374 g/mol. The van der Waals surface area contributed by atoms with Gasteiger partial charge in [-0.2, -0.15) is 0 Å². The van der Waals surface area contributed by atoms with E-state index in [-0.39, 0.29) is 12.2 Å². The van der Waals surface area contributed by atoms with Crippen LogP contribution in [0.25, 0.3) is 0 Å². The molecule has 152 valence electrons. The number of nitrogens with zero attached hydrogens (tertiary/aromatic N) is 2. The zero-order chi connectivity index (χ0) is 18.4. The minimum Gasteiger partial charge on any atom is -0.446 e. The Morgan fingerprint density at radius 2 is 1.41 bits per heavy atom. The topological polar surface area (TPSA) is 32.8 Å². The van der Waals surface area contributed by atoms with Crippen LogP contribution in [-0.4, -0.2) is 55.2 Å². The second kappa shape index (κ2) is 7.57. The summed E-state index contributed by atoms with van der Waals surface area (Å²) in [4.78, 5) is 16.8. The van der Waals surface area contributed by atoms with Crippen molar-refractivity contribution in [2.45, 2.75) is 70.3 Å². The Bertz CT molecular complexity index is 544. The largest absolute Gasteiger partial charge is 0.446 e. The highest BCUT2D eigenvalue weighted by molar-refractivity contribution is 5.68. The third kappa shape index (κ3) is 3.52. The third-order valence-corrected chi connectivity index (χ3v) is 9.13. The van der Waals surface area contributed by atoms with E-state index in [1.54, 1.807) is 0 Å². The first-order valence-electron chi connectivity index (χ1n) is 11.8. The van der Waals surface area contributed by atoms with Crippen LogP contribution in [0.3, 0.4) is 0 Å². The smallest absolute Gasteiger partial charge is 0.410 e. The van der Waals surface area contributed by atoms with Crippen molar-refractivity contribution in [1.29, 1.82) is 0 Å². The third-order valence-electron chi connectivity index (χ3n) is 9.13. The summed E-state index contributed by atoms with van der Waals surface area (Å²) in [5.74, 6) is 5.93. The Labute approximate surface area is 165 Å². The maximum Gasteiger partial charge on any atom is 0.410 e. The van der Waals surface area contributed by atoms with Crippen LogP contribution >= 0.6 is 0 Å². The summed E-state index contributed by atoms with van der Waals surface area (Å²) < 4.78 is 5.99. The first-order valence-corrected chi connectivity index (χ1v) is 11.8. The lowest BCUT2D eigenvalue weighted by atomic mass is 9.53. The van der Waals surface area contributed by atoms with Gasteiger partial charge in [-0.25, -0.2) is 4.79 Å². The number of piperazine rings is 1. The van der Waals surface area contributed by atoms with Gasteiger partial charge in [-0.1, -0.05) is 12.8 Å². The fourth-order valence-corrected chi connectivity index (χ4v) is 7.75. The van der Waals surface area contributed by atoms with Gasteiger partial charge in [0.25, 0.3) is 0 Å². The van der Waals surface area contributed by atoms with Crippen LogP contribution in [0.1, 0.15) is 64.2 Å². The zero-order valence-corrected chi connectivity index (χ0v) is 17.2. The van der Waals surface area contributed by atoms with Gasteiger partial charge in [0, 0.05) is 26.2 Å². The number of hydrogen-bond acceptors (Lipinski definition) is 3. The Morgan fingerprint density at radius 3 is 2.19 bits per heavy atom. The Balaban J connectivity index is 1.16. The molecule has 0 radical (unpaired) electrons. The molecular formula is C23H38N2O2. The van der Waals surface area contributed by atoms with Crippen molar-refractivity contribution in [2.75, 3.05) is 33.2 Å². The van der Waals surface area contributed by atoms with Gasteiger partial charge in [-0.05, 0) is 93.9 Å². The number of carbonyl (C=O) groups is 1. The van der Waals surface area contributed by atoms with E-state index in [0.717, 1.165) is 74.5 Å². The first-order chi connectivity index (χ1) is 13.2. The molecular weight excluding hydrogens is 336 g/mol. The zero-order valence-electron chi connectivity index (χ0n) is 17.2. The summed E-state index contributed by atoms with van der Waals surface area (Å²) >= 11 is 0. The van der Waals surface area contributed by atoms with Crippen LogP contribution in [0.5, 0.6) is 0 Å². The number of amides is 1. The van der Waals surface area contributed by atoms with Crippen molar-refractivity contribution < 1.29 is 9.53 Å². The summed E-state index contributed by atoms with van der Waals surface area (Å²) in [6.45, 7) is 3.58. The molecule has 5 rings (SSSR count). The lowest BCUT2D eigenvalue weighted by Gasteiger charge is -2.52. The van der Waals surface area contributed by atoms with Crippen LogP contribution in [-0.2, 0) is 4.74 Å². The SMILES string of the molecule is CN1CCN(C(=O)OC2CCC3C(CCC4C5CCCC5CCC34)C2)CC1. The van der Waals surface area contributed by atoms with Crippen LogP contribution in [0.2, 0.25) is 0 Å². The van der Waals surface area contributed by atoms with E-state index in [1.807, 2.05) is 4.90 Å². The summed E-state index contributed by atoms with van der Waals surface area (Å²) in [6, 6.07) is 0. The van der Waals surface area contributed by atoms with Crippen molar-refractivity contribution >= 4 is 6.09 Å². The Morgan fingerprint density at radius 1 is 0.741 bits per heavy atom. The van der Waals surface area contributed by atoms with Crippen LogP contribution in [0.4, 0.5) is 4.79 Å².